The van der Waals surface area contributed by atoms with E-state index < -0.39 is 0 Å². The summed E-state index contributed by atoms with van der Waals surface area (Å²) in [6.07, 6.45) is 8.95. The number of hydrogen-bond acceptors (Lipinski definition) is 1. The Kier molecular flexibility index (Phi) is 2.78. The normalized spacial score (nSPS) is 32.8. The topological polar surface area (TPSA) is 23.1 Å². The third-order valence-corrected chi connectivity index (χ3v) is 1.72. The minimum absolute atomic E-state index is 0.282. The molecule has 9 heavy (non-hydrogen) atoms. The van der Waals surface area contributed by atoms with Gasteiger partial charge in [0.25, 0.3) is 0 Å². The van der Waals surface area contributed by atoms with Gasteiger partial charge in [0.1, 0.15) is 0 Å². The van der Waals surface area contributed by atoms with Crippen LogP contribution in [0.15, 0.2) is 12.2 Å². The average molecular weight is 125 g/mol. The highest BCUT2D eigenvalue weighted by atomic mass is 16.3. The lowest BCUT2D eigenvalue weighted by atomic mass is 10.0. The molecule has 0 amide bonds. The zero-order chi connectivity index (χ0) is 6.53. The van der Waals surface area contributed by atoms with E-state index in [1.807, 2.05) is 0 Å². The van der Waals surface area contributed by atoms with Gasteiger partial charge in [-0.25, -0.2) is 0 Å². The summed E-state index contributed by atoms with van der Waals surface area (Å²) in [5, 5.41) is 10.9. The van der Waals surface area contributed by atoms with Crippen LogP contribution in [0.3, 0.4) is 0 Å². The van der Waals surface area contributed by atoms with E-state index >= 15 is 0 Å². The molecule has 0 aromatic heterocycles. The van der Waals surface area contributed by atoms with Gasteiger partial charge < -0.3 is 5.11 Å². The minimum Gasteiger partial charge on any atom is -0.852 e. The molecule has 1 heteroatoms. The molecular formula is C8H13O-. The second kappa shape index (κ2) is 3.67. The summed E-state index contributed by atoms with van der Waals surface area (Å²) in [5.41, 5.74) is 0. The Morgan fingerprint density at radius 2 is 1.89 bits per heavy atom. The van der Waals surface area contributed by atoms with E-state index in [-0.39, 0.29) is 6.10 Å². The van der Waals surface area contributed by atoms with E-state index in [1.54, 1.807) is 0 Å². The molecule has 0 radical (unpaired) electrons. The molecule has 1 aliphatic carbocycles. The fourth-order valence-corrected chi connectivity index (χ4v) is 1.13. The third kappa shape index (κ3) is 2.66. The first-order valence-corrected chi connectivity index (χ1v) is 3.70. The van der Waals surface area contributed by atoms with E-state index in [0.29, 0.717) is 0 Å². The van der Waals surface area contributed by atoms with Crippen molar-refractivity contribution in [3.63, 3.8) is 0 Å². The average Bonchev–Trinajstić information content (AvgIpc) is 1.79. The van der Waals surface area contributed by atoms with E-state index in [4.69, 9.17) is 0 Å². The molecule has 0 bridgehead atoms. The van der Waals surface area contributed by atoms with Crippen molar-refractivity contribution in [3.8, 4) is 0 Å². The summed E-state index contributed by atoms with van der Waals surface area (Å²) >= 11 is 0. The zero-order valence-corrected chi connectivity index (χ0v) is 5.68. The van der Waals surface area contributed by atoms with Crippen molar-refractivity contribution in [3.05, 3.63) is 12.2 Å². The fraction of sp³-hybridized carbons (Fsp3) is 0.750. The highest BCUT2D eigenvalue weighted by Crippen LogP contribution is 2.09. The van der Waals surface area contributed by atoms with Crippen molar-refractivity contribution < 1.29 is 5.11 Å². The summed E-state index contributed by atoms with van der Waals surface area (Å²) < 4.78 is 0. The first kappa shape index (κ1) is 6.81. The highest BCUT2D eigenvalue weighted by molar-refractivity contribution is 4.84. The molecule has 1 nitrogen and oxygen atoms in total. The second-order valence-corrected chi connectivity index (χ2v) is 2.60. The van der Waals surface area contributed by atoms with Crippen LogP contribution < -0.4 is 5.11 Å². The number of allylic oxidation sites excluding steroid dienone is 2. The molecule has 0 aliphatic heterocycles. The van der Waals surface area contributed by atoms with E-state index in [1.165, 1.54) is 0 Å². The summed E-state index contributed by atoms with van der Waals surface area (Å²) in [7, 11) is 0. The molecular weight excluding hydrogens is 112 g/mol. The molecule has 52 valence electrons. The highest BCUT2D eigenvalue weighted by Gasteiger charge is 1.95. The molecule has 0 aromatic rings. The molecule has 0 aromatic carbocycles. The van der Waals surface area contributed by atoms with Crippen LogP contribution in [0.4, 0.5) is 0 Å². The van der Waals surface area contributed by atoms with Gasteiger partial charge in [0.2, 0.25) is 0 Å². The van der Waals surface area contributed by atoms with Gasteiger partial charge in [0.05, 0.1) is 0 Å². The van der Waals surface area contributed by atoms with Crippen LogP contribution in [0.5, 0.6) is 0 Å². The van der Waals surface area contributed by atoms with Crippen molar-refractivity contribution in [2.24, 2.45) is 0 Å². The smallest absolute Gasteiger partial charge is 0.0351 e. The van der Waals surface area contributed by atoms with Crippen molar-refractivity contribution in [2.75, 3.05) is 0 Å². The van der Waals surface area contributed by atoms with Gasteiger partial charge in [-0.2, -0.15) is 0 Å². The molecule has 0 unspecified atom stereocenters. The fourth-order valence-electron chi connectivity index (χ4n) is 1.13. The molecule has 0 heterocycles. The molecule has 1 rings (SSSR count). The maximum atomic E-state index is 10.9. The Labute approximate surface area is 56.4 Å². The van der Waals surface area contributed by atoms with Crippen LogP contribution in [0.25, 0.3) is 0 Å². The van der Waals surface area contributed by atoms with Crippen LogP contribution in [0, 0.1) is 0 Å². The van der Waals surface area contributed by atoms with Gasteiger partial charge in [0.15, 0.2) is 0 Å². The van der Waals surface area contributed by atoms with Crippen LogP contribution in [-0.2, 0) is 0 Å². The summed E-state index contributed by atoms with van der Waals surface area (Å²) in [4.78, 5) is 0. The summed E-state index contributed by atoms with van der Waals surface area (Å²) in [5.74, 6) is 0. The Hall–Kier alpha value is -0.300. The number of hydrogen-bond donors (Lipinski definition) is 0. The minimum atomic E-state index is -0.282. The maximum Gasteiger partial charge on any atom is -0.0351 e. The van der Waals surface area contributed by atoms with E-state index in [9.17, 15) is 5.11 Å². The predicted molar refractivity (Wildman–Crippen MR) is 36.0 cm³/mol. The van der Waals surface area contributed by atoms with Crippen LogP contribution in [0.1, 0.15) is 32.1 Å². The van der Waals surface area contributed by atoms with Gasteiger partial charge >= 0.3 is 0 Å². The lowest BCUT2D eigenvalue weighted by Gasteiger charge is -2.21. The second-order valence-electron chi connectivity index (χ2n) is 2.60. The van der Waals surface area contributed by atoms with E-state index in [0.717, 1.165) is 32.1 Å². The van der Waals surface area contributed by atoms with Gasteiger partial charge in [-0.15, -0.1) is 6.10 Å². The molecule has 0 saturated carbocycles. The van der Waals surface area contributed by atoms with Crippen LogP contribution in [0.2, 0.25) is 0 Å². The zero-order valence-electron chi connectivity index (χ0n) is 5.68. The lowest BCUT2D eigenvalue weighted by molar-refractivity contribution is -0.422. The summed E-state index contributed by atoms with van der Waals surface area (Å²) in [6.45, 7) is 0. The lowest BCUT2D eigenvalue weighted by Crippen LogP contribution is -2.24. The van der Waals surface area contributed by atoms with Crippen molar-refractivity contribution in [1.82, 2.24) is 0 Å². The number of rotatable bonds is 0. The Morgan fingerprint density at radius 3 is 2.78 bits per heavy atom. The third-order valence-electron chi connectivity index (χ3n) is 1.72. The molecule has 0 fully saturated rings. The quantitative estimate of drug-likeness (QED) is 0.447. The molecule has 0 saturated heterocycles. The Bertz CT molecular complexity index is 96.7. The predicted octanol–water partition coefficient (Wildman–Crippen LogP) is 1.24. The SMILES string of the molecule is [O-][C@H]1CC/C=C\CCC1. The Morgan fingerprint density at radius 1 is 1.11 bits per heavy atom. The standard InChI is InChI=1S/C8H13O/c9-8-6-4-2-1-3-5-7-8/h1-2,8H,3-7H2/q-1/b2-1-/t8-/m0/s1. The van der Waals surface area contributed by atoms with Gasteiger partial charge in [0, 0.05) is 0 Å². The van der Waals surface area contributed by atoms with Crippen LogP contribution >= 0.6 is 0 Å². The van der Waals surface area contributed by atoms with Crippen molar-refractivity contribution in [1.29, 1.82) is 0 Å². The molecule has 1 atom stereocenters. The van der Waals surface area contributed by atoms with Gasteiger partial charge in [-0.05, 0) is 12.8 Å². The first-order valence-electron chi connectivity index (χ1n) is 3.70. The van der Waals surface area contributed by atoms with Gasteiger partial charge in [-0.3, -0.25) is 0 Å². The molecule has 1 aliphatic rings. The maximum absolute atomic E-state index is 10.9. The van der Waals surface area contributed by atoms with Crippen molar-refractivity contribution >= 4 is 0 Å². The monoisotopic (exact) mass is 125 g/mol. The molecule has 0 N–H and O–H groups in total. The molecule has 0 spiro atoms. The van der Waals surface area contributed by atoms with Crippen molar-refractivity contribution in [2.45, 2.75) is 38.2 Å². The Balaban J connectivity index is 2.27. The van der Waals surface area contributed by atoms with E-state index in [2.05, 4.69) is 12.2 Å². The van der Waals surface area contributed by atoms with Gasteiger partial charge in [-0.1, -0.05) is 31.4 Å². The first-order chi connectivity index (χ1) is 4.39. The summed E-state index contributed by atoms with van der Waals surface area (Å²) in [6, 6.07) is 0. The van der Waals surface area contributed by atoms with Crippen LogP contribution in [-0.4, -0.2) is 6.10 Å². The largest absolute Gasteiger partial charge is 0.852 e.